The summed E-state index contributed by atoms with van der Waals surface area (Å²) in [7, 11) is 17.1. The second kappa shape index (κ2) is 15.2. The molecule has 3 amide bonds. The molecule has 2 saturated carbocycles. The summed E-state index contributed by atoms with van der Waals surface area (Å²) in [6, 6.07) is 10.6. The molecule has 0 spiro atoms. The molecule has 4 radical (unpaired) electrons. The van der Waals surface area contributed by atoms with Crippen LogP contribution in [0.1, 0.15) is 86.3 Å². The van der Waals surface area contributed by atoms with Gasteiger partial charge in [0.25, 0.3) is 5.91 Å². The highest BCUT2D eigenvalue weighted by Crippen LogP contribution is 2.50. The minimum Gasteiger partial charge on any atom is -0.393 e. The van der Waals surface area contributed by atoms with Gasteiger partial charge in [0.15, 0.2) is 0 Å². The Balaban J connectivity index is 1.16. The van der Waals surface area contributed by atoms with Crippen LogP contribution in [0.4, 0.5) is 11.4 Å². The van der Waals surface area contributed by atoms with E-state index in [1.54, 1.807) is 30.1 Å². The van der Waals surface area contributed by atoms with Crippen LogP contribution in [0.5, 0.6) is 0 Å². The number of hydrogen-bond donors (Lipinski definition) is 6. The maximum atomic E-state index is 13.2. The molecule has 1 atom stereocenters. The Bertz CT molecular complexity index is 2100. The third-order valence-corrected chi connectivity index (χ3v) is 11.1. The van der Waals surface area contributed by atoms with Gasteiger partial charge in [0, 0.05) is 85.1 Å². The molecule has 56 heavy (non-hydrogen) atoms. The minimum atomic E-state index is -1.58. The summed E-state index contributed by atoms with van der Waals surface area (Å²) < 4.78 is 2.84. The van der Waals surface area contributed by atoms with Gasteiger partial charge in [-0.05, 0) is 50.7 Å². The van der Waals surface area contributed by atoms with Crippen molar-refractivity contribution in [2.45, 2.75) is 75.8 Å². The van der Waals surface area contributed by atoms with Crippen LogP contribution >= 0.6 is 0 Å². The van der Waals surface area contributed by atoms with E-state index < -0.39 is 11.2 Å². The average molecular weight is 759 g/mol. The number of pyridine rings is 1. The molecule has 290 valence electrons. The van der Waals surface area contributed by atoms with Crippen LogP contribution < -0.4 is 37.0 Å². The van der Waals surface area contributed by atoms with E-state index in [1.807, 2.05) is 47.9 Å². The molecule has 3 fully saturated rings. The van der Waals surface area contributed by atoms with Gasteiger partial charge in [0.05, 0.1) is 56.7 Å². The monoisotopic (exact) mass is 758 g/mol. The zero-order chi connectivity index (χ0) is 40.1. The molecule has 4 aliphatic rings. The number of hydrogen-bond acceptors (Lipinski definition) is 10. The number of likely N-dealkylation sites (tertiary alicyclic amines) is 1. The highest BCUT2D eigenvalue weighted by molar-refractivity contribution is 6.39. The molecule has 2 aliphatic carbocycles. The largest absolute Gasteiger partial charge is 0.393 e. The third-order valence-electron chi connectivity index (χ3n) is 11.1. The first-order valence-electron chi connectivity index (χ1n) is 19.4. The first kappa shape index (κ1) is 38.8. The number of nitrogens with one attached hydrogen (secondary N) is 3. The molecule has 1 unspecified atom stereocenters. The smallest absolute Gasteiger partial charge is 0.323 e. The number of fused-ring (bicyclic) bond motifs is 3. The van der Waals surface area contributed by atoms with E-state index in [9.17, 15) is 19.6 Å². The number of allylic oxidation sites excluding steroid dienone is 1. The lowest BCUT2D eigenvalue weighted by Crippen LogP contribution is -2.63. The van der Waals surface area contributed by atoms with Crippen molar-refractivity contribution in [1.82, 2.24) is 30.2 Å². The van der Waals surface area contributed by atoms with E-state index in [1.165, 1.54) is 6.08 Å². The van der Waals surface area contributed by atoms with Gasteiger partial charge in [-0.1, -0.05) is 26.0 Å². The number of aromatic nitrogens is 3. The molecule has 8 N–H and O–H groups in total. The fraction of sp³-hybridized carbons (Fsp3) is 0.462. The van der Waals surface area contributed by atoms with Gasteiger partial charge >= 0.3 is 11.6 Å². The van der Waals surface area contributed by atoms with Gasteiger partial charge in [-0.2, -0.15) is 5.10 Å². The topological polar surface area (TPSA) is 191 Å². The van der Waals surface area contributed by atoms with Crippen LogP contribution in [0.25, 0.3) is 11.1 Å². The molecule has 1 aromatic carbocycles. The van der Waals surface area contributed by atoms with E-state index >= 15 is 0 Å². The third kappa shape index (κ3) is 7.31. The SMILES string of the molecule is [B]C([B])(c1cccc(C(=O)N(C)CCC)[n+]1O)N1CC(n2ncc3c2C(CC)N(C)c2c(NC(/C=C(\N)NC(=O)C4CC4)=C(/N)C(=O)NC4CC4)cccc2-3)C1. The molecule has 2 aliphatic heterocycles. The number of rotatable bonds is 14. The summed E-state index contributed by atoms with van der Waals surface area (Å²) in [4.78, 5) is 44.3. The Kier molecular flexibility index (Phi) is 10.6. The number of amides is 3. The number of anilines is 2. The van der Waals surface area contributed by atoms with Crippen molar-refractivity contribution in [3.8, 4) is 11.1 Å². The van der Waals surface area contributed by atoms with E-state index in [0.717, 1.165) is 65.8 Å². The molecule has 17 heteroatoms. The molecule has 2 aromatic heterocycles. The Hall–Kier alpha value is -5.44. The number of benzene rings is 1. The van der Waals surface area contributed by atoms with Crippen LogP contribution in [0.3, 0.4) is 0 Å². The van der Waals surface area contributed by atoms with Crippen LogP contribution in [0, 0.1) is 5.92 Å². The van der Waals surface area contributed by atoms with Crippen molar-refractivity contribution >= 4 is 44.8 Å². The second-order valence-electron chi connectivity index (χ2n) is 15.4. The molecule has 15 nitrogen and oxygen atoms in total. The fourth-order valence-electron chi connectivity index (χ4n) is 7.64. The fourth-order valence-corrected chi connectivity index (χ4v) is 7.64. The van der Waals surface area contributed by atoms with E-state index in [-0.39, 0.29) is 64.5 Å². The predicted molar refractivity (Wildman–Crippen MR) is 213 cm³/mol. The molecular formula is C39H50B2N11O4+. The van der Waals surface area contributed by atoms with Gasteiger partial charge in [-0.25, -0.2) is 0 Å². The van der Waals surface area contributed by atoms with Gasteiger partial charge in [0.2, 0.25) is 11.6 Å². The highest BCUT2D eigenvalue weighted by atomic mass is 16.5. The quantitative estimate of drug-likeness (QED) is 0.0464. The lowest BCUT2D eigenvalue weighted by Gasteiger charge is -2.49. The van der Waals surface area contributed by atoms with Gasteiger partial charge in [0.1, 0.15) is 11.5 Å². The standard InChI is InChI=1S/C39H49B2N11O4/c1-5-17-48(3)38(55)30-11-8-12-31(52(30)56)39(40,41)50-20-24(21-50)51-35-26(19-44-51)25-9-7-10-27(34(25)49(4)29(35)6-2)46-28(33(43)37(54)45-23-15-16-23)18-32(42)47-36(53)22-13-14-22/h7-12,18-19,22-24,29,43,56H,5-6,13-17,20-21H2,1-4H3,(H5,42,45,46,47,53,54,55)/p+1. The van der Waals surface area contributed by atoms with Crippen LogP contribution in [0.15, 0.2) is 65.9 Å². The average Bonchev–Trinajstić information content (AvgIpc) is 4.09. The molecule has 1 saturated heterocycles. The van der Waals surface area contributed by atoms with Crippen LogP contribution in [0.2, 0.25) is 0 Å². The summed E-state index contributed by atoms with van der Waals surface area (Å²) in [5.41, 5.74) is 17.8. The molecule has 3 aromatic rings. The Morgan fingerprint density at radius 1 is 1.07 bits per heavy atom. The Labute approximate surface area is 329 Å². The zero-order valence-electron chi connectivity index (χ0n) is 32.5. The Morgan fingerprint density at radius 3 is 2.45 bits per heavy atom. The van der Waals surface area contributed by atoms with Crippen LogP contribution in [-0.4, -0.2) is 98.0 Å². The van der Waals surface area contributed by atoms with Gasteiger partial charge < -0.3 is 42.1 Å². The van der Waals surface area contributed by atoms with Crippen molar-refractivity contribution < 1.29 is 24.3 Å². The highest BCUT2D eigenvalue weighted by Gasteiger charge is 2.46. The van der Waals surface area contributed by atoms with Crippen molar-refractivity contribution in [1.29, 1.82) is 0 Å². The van der Waals surface area contributed by atoms with E-state index in [2.05, 4.69) is 27.8 Å². The van der Waals surface area contributed by atoms with Crippen molar-refractivity contribution in [3.63, 3.8) is 0 Å². The van der Waals surface area contributed by atoms with Crippen molar-refractivity contribution in [2.75, 3.05) is 43.9 Å². The number of para-hydroxylation sites is 1. The van der Waals surface area contributed by atoms with Gasteiger partial charge in [-0.3, -0.25) is 24.3 Å². The maximum absolute atomic E-state index is 13.2. The number of nitrogens with two attached hydrogens (primary N) is 2. The molecule has 4 heterocycles. The summed E-state index contributed by atoms with van der Waals surface area (Å²) in [6.07, 6.45) is 8.35. The molecule has 0 bridgehead atoms. The predicted octanol–water partition coefficient (Wildman–Crippen LogP) is 1.65. The lowest BCUT2D eigenvalue weighted by atomic mass is 9.57. The normalized spacial score (nSPS) is 19.0. The van der Waals surface area contributed by atoms with Crippen LogP contribution in [-0.2, 0) is 14.9 Å². The molecular weight excluding hydrogens is 708 g/mol. The Morgan fingerprint density at radius 2 is 1.79 bits per heavy atom. The number of nitrogens with zero attached hydrogens (tertiary/aromatic N) is 6. The number of carbonyl (C=O) groups excluding carboxylic acids is 3. The van der Waals surface area contributed by atoms with E-state index in [4.69, 9.17) is 32.3 Å². The second-order valence-corrected chi connectivity index (χ2v) is 15.4. The summed E-state index contributed by atoms with van der Waals surface area (Å²) in [5.74, 6) is -0.869. The van der Waals surface area contributed by atoms with Crippen molar-refractivity contribution in [3.05, 3.63) is 83.0 Å². The summed E-state index contributed by atoms with van der Waals surface area (Å²) in [6.45, 7) is 5.53. The first-order chi connectivity index (χ1) is 26.7. The molecule has 7 rings (SSSR count). The number of carbonyl (C=O) groups is 3. The zero-order valence-corrected chi connectivity index (χ0v) is 32.5. The van der Waals surface area contributed by atoms with E-state index in [0.29, 0.717) is 25.3 Å². The van der Waals surface area contributed by atoms with Gasteiger partial charge in [-0.15, -0.1) is 0 Å². The minimum absolute atomic E-state index is 0.0450. The van der Waals surface area contributed by atoms with Crippen molar-refractivity contribution in [2.24, 2.45) is 17.4 Å². The summed E-state index contributed by atoms with van der Waals surface area (Å²) >= 11 is 0. The lowest BCUT2D eigenvalue weighted by molar-refractivity contribution is -0.912. The summed E-state index contributed by atoms with van der Waals surface area (Å²) in [5, 5.41) is 23.5. The first-order valence-corrected chi connectivity index (χ1v) is 19.4. The maximum Gasteiger partial charge on any atom is 0.323 e.